The predicted molar refractivity (Wildman–Crippen MR) is 118 cm³/mol. The zero-order chi connectivity index (χ0) is 21.3. The Morgan fingerprint density at radius 2 is 1.63 bits per heavy atom. The molecule has 1 N–H and O–H groups in total. The van der Waals surface area contributed by atoms with Gasteiger partial charge < -0.3 is 4.90 Å². The zero-order valence-electron chi connectivity index (χ0n) is 17.1. The molecule has 5 nitrogen and oxygen atoms in total. The highest BCUT2D eigenvalue weighted by atomic mass is 32.2. The molecule has 0 saturated carbocycles. The maximum absolute atomic E-state index is 13.1. The van der Waals surface area contributed by atoms with Crippen molar-refractivity contribution in [3.8, 4) is 0 Å². The van der Waals surface area contributed by atoms with E-state index in [1.165, 1.54) is 5.56 Å². The number of anilines is 1. The van der Waals surface area contributed by atoms with Gasteiger partial charge in [0.1, 0.15) is 0 Å². The molecule has 1 heterocycles. The Morgan fingerprint density at radius 1 is 0.933 bits per heavy atom. The third-order valence-corrected chi connectivity index (χ3v) is 6.86. The summed E-state index contributed by atoms with van der Waals surface area (Å²) in [5, 5.41) is 0. The average molecular weight is 421 g/mol. The normalized spacial score (nSPS) is 13.6. The van der Waals surface area contributed by atoms with Gasteiger partial charge in [0.2, 0.25) is 0 Å². The highest BCUT2D eigenvalue weighted by Gasteiger charge is 2.23. The fourth-order valence-electron chi connectivity index (χ4n) is 3.64. The molecule has 0 aliphatic carbocycles. The van der Waals surface area contributed by atoms with Gasteiger partial charge in [-0.3, -0.25) is 9.52 Å². The Morgan fingerprint density at radius 3 is 2.37 bits per heavy atom. The molecule has 0 atom stereocenters. The quantitative estimate of drug-likeness (QED) is 0.684. The van der Waals surface area contributed by atoms with Crippen LogP contribution in [0.2, 0.25) is 0 Å². The van der Waals surface area contributed by atoms with Crippen molar-refractivity contribution < 1.29 is 13.2 Å². The summed E-state index contributed by atoms with van der Waals surface area (Å²) in [7, 11) is -3.73. The number of fused-ring (bicyclic) bond motifs is 1. The summed E-state index contributed by atoms with van der Waals surface area (Å²) in [5.74, 6) is -0.0970. The first kappa shape index (κ1) is 20.2. The number of sulfonamides is 1. The number of nitrogens with one attached hydrogen (secondary N) is 1. The summed E-state index contributed by atoms with van der Waals surface area (Å²) in [6.45, 7) is 4.93. The molecule has 1 aliphatic rings. The smallest absolute Gasteiger partial charge is 0.261 e. The van der Waals surface area contributed by atoms with Crippen molar-refractivity contribution >= 4 is 21.6 Å². The predicted octanol–water partition coefficient (Wildman–Crippen LogP) is 4.30. The van der Waals surface area contributed by atoms with E-state index in [9.17, 15) is 13.2 Å². The summed E-state index contributed by atoms with van der Waals surface area (Å²) in [6, 6.07) is 20.0. The van der Waals surface area contributed by atoms with E-state index in [1.807, 2.05) is 36.9 Å². The molecule has 3 aromatic carbocycles. The van der Waals surface area contributed by atoms with E-state index in [-0.39, 0.29) is 10.8 Å². The van der Waals surface area contributed by atoms with Crippen molar-refractivity contribution in [3.05, 3.63) is 94.5 Å². The van der Waals surface area contributed by atoms with Gasteiger partial charge in [-0.1, -0.05) is 48.0 Å². The maximum atomic E-state index is 13.1. The molecule has 0 unspecified atom stereocenters. The number of hydrogen-bond donors (Lipinski definition) is 1. The van der Waals surface area contributed by atoms with Crippen LogP contribution in [0.1, 0.15) is 32.6 Å². The molecular weight excluding hydrogens is 396 g/mol. The van der Waals surface area contributed by atoms with Gasteiger partial charge in [0, 0.05) is 18.7 Å². The van der Waals surface area contributed by atoms with Crippen molar-refractivity contribution in [2.24, 2.45) is 0 Å². The second-order valence-corrected chi connectivity index (χ2v) is 9.38. The van der Waals surface area contributed by atoms with Crippen LogP contribution in [0, 0.1) is 13.8 Å². The Kier molecular flexibility index (Phi) is 5.35. The summed E-state index contributed by atoms with van der Waals surface area (Å²) in [5.41, 5.74) is 5.06. The lowest BCUT2D eigenvalue weighted by atomic mass is 9.99. The summed E-state index contributed by atoms with van der Waals surface area (Å²) < 4.78 is 28.2. The largest absolute Gasteiger partial charge is 0.334 e. The maximum Gasteiger partial charge on any atom is 0.261 e. The van der Waals surface area contributed by atoms with Gasteiger partial charge in [-0.15, -0.1) is 0 Å². The van der Waals surface area contributed by atoms with Crippen LogP contribution < -0.4 is 4.72 Å². The molecule has 0 fully saturated rings. The van der Waals surface area contributed by atoms with Gasteiger partial charge >= 0.3 is 0 Å². The Bertz CT molecular complexity index is 1200. The first-order valence-corrected chi connectivity index (χ1v) is 11.4. The molecule has 154 valence electrons. The van der Waals surface area contributed by atoms with Crippen LogP contribution in [0.5, 0.6) is 0 Å². The molecule has 0 bridgehead atoms. The Balaban J connectivity index is 1.57. The molecule has 1 aliphatic heterocycles. The van der Waals surface area contributed by atoms with E-state index in [0.29, 0.717) is 24.3 Å². The van der Waals surface area contributed by atoms with Crippen LogP contribution in [0.4, 0.5) is 5.69 Å². The first-order valence-electron chi connectivity index (χ1n) is 9.90. The second-order valence-electron chi connectivity index (χ2n) is 7.69. The first-order chi connectivity index (χ1) is 14.3. The monoisotopic (exact) mass is 420 g/mol. The molecule has 0 aromatic heterocycles. The highest BCUT2D eigenvalue weighted by molar-refractivity contribution is 7.92. The standard InChI is InChI=1S/C24H24N2O3S/c1-17-7-11-22(12-8-17)30(28,29)25-23-15-20(10-9-18(23)2)24(27)26-14-13-19-5-3-4-6-21(19)16-26/h3-12,15,25H,13-14,16H2,1-2H3. The van der Waals surface area contributed by atoms with Crippen molar-refractivity contribution in [2.45, 2.75) is 31.7 Å². The highest BCUT2D eigenvalue weighted by Crippen LogP contribution is 2.24. The van der Waals surface area contributed by atoms with Crippen LogP contribution in [0.15, 0.2) is 71.6 Å². The number of nitrogens with zero attached hydrogens (tertiary/aromatic N) is 1. The van der Waals surface area contributed by atoms with E-state index in [0.717, 1.165) is 23.1 Å². The molecular formula is C24H24N2O3S. The van der Waals surface area contributed by atoms with Crippen LogP contribution in [0.25, 0.3) is 0 Å². The van der Waals surface area contributed by atoms with Gasteiger partial charge in [0.05, 0.1) is 10.6 Å². The molecule has 0 saturated heterocycles. The molecule has 30 heavy (non-hydrogen) atoms. The van der Waals surface area contributed by atoms with Crippen molar-refractivity contribution in [2.75, 3.05) is 11.3 Å². The lowest BCUT2D eigenvalue weighted by Crippen LogP contribution is -2.36. The number of rotatable bonds is 4. The fraction of sp³-hybridized carbons (Fsp3) is 0.208. The van der Waals surface area contributed by atoms with Gasteiger partial charge in [-0.05, 0) is 61.2 Å². The minimum absolute atomic E-state index is 0.0970. The topological polar surface area (TPSA) is 66.5 Å². The van der Waals surface area contributed by atoms with Gasteiger partial charge in [0.15, 0.2) is 0 Å². The van der Waals surface area contributed by atoms with Crippen molar-refractivity contribution in [3.63, 3.8) is 0 Å². The lowest BCUT2D eigenvalue weighted by molar-refractivity contribution is 0.0734. The lowest BCUT2D eigenvalue weighted by Gasteiger charge is -2.29. The van der Waals surface area contributed by atoms with Crippen molar-refractivity contribution in [1.29, 1.82) is 0 Å². The van der Waals surface area contributed by atoms with Crippen LogP contribution in [-0.2, 0) is 23.0 Å². The summed E-state index contributed by atoms with van der Waals surface area (Å²) >= 11 is 0. The summed E-state index contributed by atoms with van der Waals surface area (Å²) in [6.07, 6.45) is 0.820. The molecule has 3 aromatic rings. The number of aryl methyl sites for hydroxylation is 2. The zero-order valence-corrected chi connectivity index (χ0v) is 17.9. The van der Waals surface area contributed by atoms with E-state index in [4.69, 9.17) is 0 Å². The number of hydrogen-bond acceptors (Lipinski definition) is 3. The number of benzene rings is 3. The second kappa shape index (κ2) is 7.95. The van der Waals surface area contributed by atoms with E-state index < -0.39 is 10.0 Å². The van der Waals surface area contributed by atoms with Crippen LogP contribution in [0.3, 0.4) is 0 Å². The molecule has 0 spiro atoms. The van der Waals surface area contributed by atoms with Crippen LogP contribution in [-0.4, -0.2) is 25.8 Å². The Labute approximate surface area is 177 Å². The average Bonchev–Trinajstić information content (AvgIpc) is 2.74. The third-order valence-electron chi connectivity index (χ3n) is 5.48. The molecule has 6 heteroatoms. The van der Waals surface area contributed by atoms with Gasteiger partial charge in [-0.2, -0.15) is 0 Å². The Hall–Kier alpha value is -3.12. The minimum atomic E-state index is -3.73. The summed E-state index contributed by atoms with van der Waals surface area (Å²) in [4.78, 5) is 15.1. The fourth-order valence-corrected chi connectivity index (χ4v) is 4.76. The molecule has 4 rings (SSSR count). The minimum Gasteiger partial charge on any atom is -0.334 e. The SMILES string of the molecule is Cc1ccc(S(=O)(=O)Nc2cc(C(=O)N3CCc4ccccc4C3)ccc2C)cc1. The van der Waals surface area contributed by atoms with E-state index in [2.05, 4.69) is 10.8 Å². The number of amides is 1. The molecule has 0 radical (unpaired) electrons. The van der Waals surface area contributed by atoms with Crippen LogP contribution >= 0.6 is 0 Å². The number of carbonyl (C=O) groups is 1. The molecule has 1 amide bonds. The van der Waals surface area contributed by atoms with E-state index >= 15 is 0 Å². The van der Waals surface area contributed by atoms with Gasteiger partial charge in [0.25, 0.3) is 15.9 Å². The van der Waals surface area contributed by atoms with E-state index in [1.54, 1.807) is 42.5 Å². The van der Waals surface area contributed by atoms with Gasteiger partial charge in [-0.25, -0.2) is 8.42 Å². The third kappa shape index (κ3) is 4.09. The van der Waals surface area contributed by atoms with Crippen molar-refractivity contribution in [1.82, 2.24) is 4.90 Å². The number of carbonyl (C=O) groups excluding carboxylic acids is 1.